The summed E-state index contributed by atoms with van der Waals surface area (Å²) in [6, 6.07) is 12.4. The predicted molar refractivity (Wildman–Crippen MR) is 153 cm³/mol. The molecule has 1 saturated carbocycles. The summed E-state index contributed by atoms with van der Waals surface area (Å²) in [4.78, 5) is 11.9. The third kappa shape index (κ3) is 9.22. The monoisotopic (exact) mass is 544 g/mol. The van der Waals surface area contributed by atoms with Crippen molar-refractivity contribution in [1.29, 1.82) is 0 Å². The van der Waals surface area contributed by atoms with Gasteiger partial charge in [-0.1, -0.05) is 83.4 Å². The van der Waals surface area contributed by atoms with Crippen LogP contribution in [0.15, 0.2) is 42.5 Å². The molecule has 0 aliphatic heterocycles. The van der Waals surface area contributed by atoms with Crippen molar-refractivity contribution in [3.05, 3.63) is 48.3 Å². The van der Waals surface area contributed by atoms with Gasteiger partial charge in [-0.2, -0.15) is 0 Å². The molecule has 0 heterocycles. The van der Waals surface area contributed by atoms with Crippen LogP contribution in [0, 0.1) is 17.7 Å². The zero-order chi connectivity index (χ0) is 28.1. The summed E-state index contributed by atoms with van der Waals surface area (Å²) in [6.45, 7) is 4.90. The number of hydrogen-bond acceptors (Lipinski definition) is 3. The molecule has 4 nitrogen and oxygen atoms in total. The zero-order valence-electron chi connectivity index (χ0n) is 23.7. The standard InChI is InChI=1S/C33H46F2O4/c1-3-5-6-7-8-12-21-38-31-20-17-27(22-30(31)34)26-15-18-29(19-16-26)39-24-25(4-2)23-33(35,32(36)37)28-13-10-9-11-14-28/h15-20,22,25,28H,3-14,21,23-24H2,1-2H3,(H,36,37)/t25?,33-/m1/s1. The van der Waals surface area contributed by atoms with Crippen molar-refractivity contribution in [1.82, 2.24) is 0 Å². The smallest absolute Gasteiger partial charge is 0.341 e. The van der Waals surface area contributed by atoms with Crippen LogP contribution in [0.4, 0.5) is 8.78 Å². The van der Waals surface area contributed by atoms with Gasteiger partial charge in [0.25, 0.3) is 0 Å². The number of alkyl halides is 1. The van der Waals surface area contributed by atoms with Gasteiger partial charge in [0, 0.05) is 5.92 Å². The fourth-order valence-electron chi connectivity index (χ4n) is 5.55. The van der Waals surface area contributed by atoms with E-state index in [9.17, 15) is 14.3 Å². The normalized spacial score (nSPS) is 16.4. The van der Waals surface area contributed by atoms with E-state index < -0.39 is 17.6 Å². The first-order chi connectivity index (χ1) is 18.9. The highest BCUT2D eigenvalue weighted by Gasteiger charge is 2.47. The van der Waals surface area contributed by atoms with E-state index in [2.05, 4.69) is 6.92 Å². The Morgan fingerprint density at radius 1 is 0.949 bits per heavy atom. The Morgan fingerprint density at radius 3 is 2.26 bits per heavy atom. The molecule has 0 aromatic heterocycles. The third-order valence-electron chi connectivity index (χ3n) is 8.13. The molecule has 39 heavy (non-hydrogen) atoms. The van der Waals surface area contributed by atoms with Crippen molar-refractivity contribution >= 4 is 5.97 Å². The number of benzene rings is 2. The summed E-state index contributed by atoms with van der Waals surface area (Å²) in [5, 5.41) is 9.73. The van der Waals surface area contributed by atoms with Crippen molar-refractivity contribution in [3.8, 4) is 22.6 Å². The number of hydrogen-bond donors (Lipinski definition) is 1. The largest absolute Gasteiger partial charge is 0.493 e. The molecule has 3 rings (SSSR count). The molecule has 6 heteroatoms. The number of unbranched alkanes of at least 4 members (excludes halogenated alkanes) is 5. The number of carboxylic acid groups (broad SMARTS) is 1. The summed E-state index contributed by atoms with van der Waals surface area (Å²) in [6.07, 6.45) is 11.6. The Morgan fingerprint density at radius 2 is 1.62 bits per heavy atom. The van der Waals surface area contributed by atoms with E-state index in [1.807, 2.05) is 37.3 Å². The molecule has 2 aromatic carbocycles. The van der Waals surface area contributed by atoms with Gasteiger partial charge in [-0.3, -0.25) is 0 Å². The van der Waals surface area contributed by atoms with Crippen molar-refractivity contribution in [3.63, 3.8) is 0 Å². The topological polar surface area (TPSA) is 55.8 Å². The molecule has 2 atom stereocenters. The second-order valence-corrected chi connectivity index (χ2v) is 11.1. The third-order valence-corrected chi connectivity index (χ3v) is 8.13. The van der Waals surface area contributed by atoms with Gasteiger partial charge < -0.3 is 14.6 Å². The molecule has 1 unspecified atom stereocenters. The molecule has 0 bridgehead atoms. The molecule has 1 aliphatic carbocycles. The minimum atomic E-state index is -2.21. The van der Waals surface area contributed by atoms with E-state index in [0.29, 0.717) is 31.6 Å². The van der Waals surface area contributed by atoms with E-state index in [-0.39, 0.29) is 30.5 Å². The van der Waals surface area contributed by atoms with Crippen molar-refractivity contribution < 1.29 is 28.2 Å². The lowest BCUT2D eigenvalue weighted by molar-refractivity contribution is -0.158. The molecule has 0 spiro atoms. The van der Waals surface area contributed by atoms with Crippen LogP contribution in [0.2, 0.25) is 0 Å². The Kier molecular flexibility index (Phi) is 12.5. The Bertz CT molecular complexity index is 1000. The van der Waals surface area contributed by atoms with Crippen LogP contribution in [-0.2, 0) is 4.79 Å². The molecule has 0 saturated heterocycles. The number of aliphatic carboxylic acids is 1. The Labute approximate surface area is 233 Å². The fraction of sp³-hybridized carbons (Fsp3) is 0.606. The SMILES string of the molecule is CCCCCCCCOc1ccc(-c2ccc(OCC(CC)C[C@](F)(C(=O)O)C3CCCCC3)cc2)cc1F. The first kappa shape index (κ1) is 30.9. The maximum atomic E-state index is 15.7. The van der Waals surface area contributed by atoms with Crippen LogP contribution in [0.3, 0.4) is 0 Å². The number of rotatable bonds is 17. The zero-order valence-corrected chi connectivity index (χ0v) is 23.7. The molecule has 216 valence electrons. The van der Waals surface area contributed by atoms with Crippen LogP contribution >= 0.6 is 0 Å². The first-order valence-corrected chi connectivity index (χ1v) is 14.9. The van der Waals surface area contributed by atoms with Gasteiger partial charge in [-0.05, 0) is 73.4 Å². The number of carbonyl (C=O) groups is 1. The minimum Gasteiger partial charge on any atom is -0.493 e. The molecule has 1 N–H and O–H groups in total. The van der Waals surface area contributed by atoms with Crippen LogP contribution in [0.1, 0.15) is 97.3 Å². The highest BCUT2D eigenvalue weighted by atomic mass is 19.1. The molecular formula is C33H46F2O4. The lowest BCUT2D eigenvalue weighted by Crippen LogP contribution is -2.44. The predicted octanol–water partition coefficient (Wildman–Crippen LogP) is 9.40. The van der Waals surface area contributed by atoms with E-state index in [1.54, 1.807) is 6.07 Å². The van der Waals surface area contributed by atoms with Gasteiger partial charge in [0.2, 0.25) is 5.67 Å². The van der Waals surface area contributed by atoms with Crippen molar-refractivity contribution in [2.45, 2.75) is 103 Å². The highest BCUT2D eigenvalue weighted by Crippen LogP contribution is 2.40. The maximum Gasteiger partial charge on any atom is 0.341 e. The summed E-state index contributed by atoms with van der Waals surface area (Å²) >= 11 is 0. The summed E-state index contributed by atoms with van der Waals surface area (Å²) in [7, 11) is 0. The van der Waals surface area contributed by atoms with E-state index in [0.717, 1.165) is 43.2 Å². The quantitative estimate of drug-likeness (QED) is 0.202. The second-order valence-electron chi connectivity index (χ2n) is 11.1. The van der Waals surface area contributed by atoms with E-state index >= 15 is 4.39 Å². The number of carboxylic acids is 1. The number of ether oxygens (including phenoxy) is 2. The minimum absolute atomic E-state index is 0.0336. The highest BCUT2D eigenvalue weighted by molar-refractivity contribution is 5.77. The van der Waals surface area contributed by atoms with Gasteiger partial charge in [0.05, 0.1) is 13.2 Å². The van der Waals surface area contributed by atoms with Gasteiger partial charge in [0.15, 0.2) is 11.6 Å². The van der Waals surface area contributed by atoms with E-state index in [1.165, 1.54) is 31.7 Å². The first-order valence-electron chi connectivity index (χ1n) is 14.9. The lowest BCUT2D eigenvalue weighted by Gasteiger charge is -2.35. The van der Waals surface area contributed by atoms with Crippen molar-refractivity contribution in [2.75, 3.05) is 13.2 Å². The molecule has 1 aliphatic rings. The average Bonchev–Trinajstić information content (AvgIpc) is 2.96. The molecule has 0 amide bonds. The van der Waals surface area contributed by atoms with Gasteiger partial charge in [-0.15, -0.1) is 0 Å². The van der Waals surface area contributed by atoms with Gasteiger partial charge in [-0.25, -0.2) is 13.6 Å². The van der Waals surface area contributed by atoms with E-state index in [4.69, 9.17) is 9.47 Å². The van der Waals surface area contributed by atoms with Crippen LogP contribution in [0.25, 0.3) is 11.1 Å². The lowest BCUT2D eigenvalue weighted by atomic mass is 9.74. The maximum absolute atomic E-state index is 15.7. The second kappa shape index (κ2) is 15.8. The Balaban J connectivity index is 1.51. The van der Waals surface area contributed by atoms with Crippen LogP contribution in [0.5, 0.6) is 11.5 Å². The van der Waals surface area contributed by atoms with Crippen LogP contribution < -0.4 is 9.47 Å². The molecule has 2 aromatic rings. The Hall–Kier alpha value is -2.63. The summed E-state index contributed by atoms with van der Waals surface area (Å²) < 4.78 is 41.9. The summed E-state index contributed by atoms with van der Waals surface area (Å²) in [5.74, 6) is -1.46. The van der Waals surface area contributed by atoms with Crippen molar-refractivity contribution in [2.24, 2.45) is 11.8 Å². The van der Waals surface area contributed by atoms with Crippen LogP contribution in [-0.4, -0.2) is 30.0 Å². The molecule has 0 radical (unpaired) electrons. The fourth-order valence-corrected chi connectivity index (χ4v) is 5.55. The molecular weight excluding hydrogens is 498 g/mol. The van der Waals surface area contributed by atoms with Gasteiger partial charge in [0.1, 0.15) is 5.75 Å². The average molecular weight is 545 g/mol. The summed E-state index contributed by atoms with van der Waals surface area (Å²) in [5.41, 5.74) is -0.613. The molecule has 1 fully saturated rings. The number of halogens is 2. The van der Waals surface area contributed by atoms with Gasteiger partial charge >= 0.3 is 5.97 Å².